The van der Waals surface area contributed by atoms with Crippen LogP contribution in [0.25, 0.3) is 0 Å². The largest absolute Gasteiger partial charge is 0.639 e. The summed E-state index contributed by atoms with van der Waals surface area (Å²) in [5, 5.41) is 16.8. The van der Waals surface area contributed by atoms with E-state index >= 15 is 0 Å². The molecule has 2 N–H and O–H groups in total. The Labute approximate surface area is 183 Å². The summed E-state index contributed by atoms with van der Waals surface area (Å²) in [5.41, 5.74) is 2.19. The zero-order chi connectivity index (χ0) is 21.9. The summed E-state index contributed by atoms with van der Waals surface area (Å²) in [6.07, 6.45) is 1.95. The highest BCUT2D eigenvalue weighted by atomic mass is 79.9. The summed E-state index contributed by atoms with van der Waals surface area (Å²) in [6.45, 7) is 3.30. The Morgan fingerprint density at radius 2 is 1.60 bits per heavy atom. The van der Waals surface area contributed by atoms with E-state index in [1.807, 2.05) is 0 Å². The second-order valence-electron chi connectivity index (χ2n) is 6.49. The van der Waals surface area contributed by atoms with Gasteiger partial charge in [0.25, 0.3) is 0 Å². The summed E-state index contributed by atoms with van der Waals surface area (Å²) < 4.78 is 47.2. The van der Waals surface area contributed by atoms with E-state index in [-0.39, 0.29) is 24.8 Å². The van der Waals surface area contributed by atoms with Crippen molar-refractivity contribution in [2.24, 2.45) is 0 Å². The molecule has 0 spiro atoms. The molecule has 0 bridgehead atoms. The molecule has 162 valence electrons. The number of hydrogen-bond donors (Lipinski definition) is 2. The van der Waals surface area contributed by atoms with Crippen molar-refractivity contribution >= 4 is 30.6 Å². The third kappa shape index (κ3) is 9.22. The van der Waals surface area contributed by atoms with Crippen LogP contribution in [0.5, 0.6) is 0 Å². The lowest BCUT2D eigenvalue weighted by atomic mass is 10.1. The minimum atomic E-state index is -1.82. The summed E-state index contributed by atoms with van der Waals surface area (Å²) in [4.78, 5) is 0. The lowest BCUT2D eigenvalue weighted by Crippen LogP contribution is -2.25. The van der Waals surface area contributed by atoms with Crippen molar-refractivity contribution in [3.05, 3.63) is 69.2 Å². The van der Waals surface area contributed by atoms with Crippen LogP contribution >= 0.6 is 15.9 Å². The topological polar surface area (TPSA) is 77.4 Å². The molecule has 30 heavy (non-hydrogen) atoms. The molecule has 0 radical (unpaired) electrons. The van der Waals surface area contributed by atoms with E-state index in [1.54, 1.807) is 19.1 Å². The number of benzene rings is 2. The monoisotopic (exact) mass is 486 g/mol. The molecule has 6 nitrogen and oxygen atoms in total. The SMILES string of the molecule is Cc1ccc(F)cc1COB(O)O.Fc1ccc(Br)c(COB2OCCCCO2)c1. The van der Waals surface area contributed by atoms with E-state index < -0.39 is 14.6 Å². The van der Waals surface area contributed by atoms with Crippen molar-refractivity contribution in [3.63, 3.8) is 0 Å². The Bertz CT molecular complexity index is 792. The third-order valence-corrected chi connectivity index (χ3v) is 4.90. The number of rotatable bonds is 6. The van der Waals surface area contributed by atoms with Gasteiger partial charge in [-0.2, -0.15) is 0 Å². The molecule has 0 saturated carbocycles. The molecular formula is C19H23B2BrF2O6. The zero-order valence-electron chi connectivity index (χ0n) is 16.5. The van der Waals surface area contributed by atoms with Crippen molar-refractivity contribution in [1.82, 2.24) is 0 Å². The van der Waals surface area contributed by atoms with E-state index in [9.17, 15) is 8.78 Å². The van der Waals surface area contributed by atoms with Gasteiger partial charge in [0.05, 0.1) is 13.2 Å². The van der Waals surface area contributed by atoms with Gasteiger partial charge in [0, 0.05) is 17.7 Å². The van der Waals surface area contributed by atoms with Crippen LogP contribution in [-0.2, 0) is 31.8 Å². The predicted molar refractivity (Wildman–Crippen MR) is 112 cm³/mol. The lowest BCUT2D eigenvalue weighted by molar-refractivity contribution is 0.107. The molecule has 0 unspecified atom stereocenters. The number of aryl methyl sites for hydroxylation is 1. The van der Waals surface area contributed by atoms with E-state index in [0.717, 1.165) is 28.4 Å². The van der Waals surface area contributed by atoms with Gasteiger partial charge in [0.15, 0.2) is 0 Å². The van der Waals surface area contributed by atoms with Crippen molar-refractivity contribution in [2.45, 2.75) is 33.0 Å². The highest BCUT2D eigenvalue weighted by Crippen LogP contribution is 2.19. The average Bonchev–Trinajstić information content (AvgIpc) is 2.99. The normalized spacial score (nSPS) is 14.0. The van der Waals surface area contributed by atoms with Crippen LogP contribution in [-0.4, -0.2) is 37.9 Å². The van der Waals surface area contributed by atoms with Gasteiger partial charge in [0.2, 0.25) is 0 Å². The Kier molecular flexibility index (Phi) is 10.9. The minimum absolute atomic E-state index is 0.0126. The Morgan fingerprint density at radius 1 is 1.00 bits per heavy atom. The standard InChI is InChI=1S/C11H13BBrFO3.C8H10BFO3/c13-11-4-3-10(14)7-9(11)8-17-12-15-5-1-2-6-16-12;1-6-2-3-8(10)4-7(6)5-13-9(11)12/h3-4,7H,1-2,5-6,8H2;2-4,11-12H,5H2,1H3. The smallest absolute Gasteiger partial charge is 0.402 e. The molecule has 1 heterocycles. The van der Waals surface area contributed by atoms with Crippen molar-refractivity contribution in [3.8, 4) is 0 Å². The first kappa shape index (κ1) is 24.9. The van der Waals surface area contributed by atoms with Gasteiger partial charge < -0.3 is 28.7 Å². The molecule has 1 fully saturated rings. The van der Waals surface area contributed by atoms with Gasteiger partial charge in [-0.15, -0.1) is 0 Å². The van der Waals surface area contributed by atoms with Gasteiger partial charge in [-0.05, 0) is 66.8 Å². The molecule has 0 atom stereocenters. The second kappa shape index (κ2) is 13.2. The maximum atomic E-state index is 13.0. The van der Waals surface area contributed by atoms with Crippen LogP contribution in [0.3, 0.4) is 0 Å². The van der Waals surface area contributed by atoms with Crippen molar-refractivity contribution in [1.29, 1.82) is 0 Å². The number of hydrogen-bond acceptors (Lipinski definition) is 6. The highest BCUT2D eigenvalue weighted by molar-refractivity contribution is 9.10. The minimum Gasteiger partial charge on any atom is -0.402 e. The van der Waals surface area contributed by atoms with Gasteiger partial charge in [-0.25, -0.2) is 8.78 Å². The molecule has 11 heteroatoms. The molecule has 1 saturated heterocycles. The average molecular weight is 487 g/mol. The quantitative estimate of drug-likeness (QED) is 0.608. The fraction of sp³-hybridized carbons (Fsp3) is 0.368. The van der Waals surface area contributed by atoms with E-state index in [0.29, 0.717) is 18.8 Å². The Hall–Kier alpha value is -1.33. The zero-order valence-corrected chi connectivity index (χ0v) is 18.1. The second-order valence-corrected chi connectivity index (χ2v) is 7.35. The lowest BCUT2D eigenvalue weighted by Gasteiger charge is -2.11. The first-order valence-electron chi connectivity index (χ1n) is 9.36. The van der Waals surface area contributed by atoms with Crippen molar-refractivity contribution < 1.29 is 37.4 Å². The molecular weight excluding hydrogens is 464 g/mol. The Balaban J connectivity index is 0.000000222. The molecule has 1 aliphatic rings. The van der Waals surface area contributed by atoms with Crippen LogP contribution < -0.4 is 0 Å². The van der Waals surface area contributed by atoms with Crippen LogP contribution in [0.1, 0.15) is 29.5 Å². The van der Waals surface area contributed by atoms with Gasteiger partial charge >= 0.3 is 14.6 Å². The first-order chi connectivity index (χ1) is 14.3. The fourth-order valence-corrected chi connectivity index (χ4v) is 2.84. The number of halogens is 3. The van der Waals surface area contributed by atoms with Crippen LogP contribution in [0.2, 0.25) is 0 Å². The molecule has 0 aliphatic carbocycles. The van der Waals surface area contributed by atoms with Crippen LogP contribution in [0, 0.1) is 18.6 Å². The summed E-state index contributed by atoms with van der Waals surface area (Å²) in [5.74, 6) is -0.647. The summed E-state index contributed by atoms with van der Waals surface area (Å²) in [6, 6.07) is 8.74. The van der Waals surface area contributed by atoms with E-state index in [4.69, 9.17) is 24.0 Å². The van der Waals surface area contributed by atoms with Crippen LogP contribution in [0.15, 0.2) is 40.9 Å². The van der Waals surface area contributed by atoms with E-state index in [2.05, 4.69) is 20.6 Å². The van der Waals surface area contributed by atoms with Gasteiger partial charge in [-0.1, -0.05) is 22.0 Å². The highest BCUT2D eigenvalue weighted by Gasteiger charge is 2.23. The van der Waals surface area contributed by atoms with Gasteiger partial charge in [-0.3, -0.25) is 0 Å². The molecule has 1 aliphatic heterocycles. The first-order valence-corrected chi connectivity index (χ1v) is 10.2. The fourth-order valence-electron chi connectivity index (χ4n) is 2.48. The van der Waals surface area contributed by atoms with Gasteiger partial charge in [0.1, 0.15) is 11.6 Å². The van der Waals surface area contributed by atoms with Crippen molar-refractivity contribution in [2.75, 3.05) is 13.2 Å². The van der Waals surface area contributed by atoms with E-state index in [1.165, 1.54) is 24.3 Å². The summed E-state index contributed by atoms with van der Waals surface area (Å²) >= 11 is 3.34. The molecule has 3 rings (SSSR count). The molecule has 0 aromatic heterocycles. The maximum Gasteiger partial charge on any atom is 0.639 e. The molecule has 2 aromatic carbocycles. The molecule has 0 amide bonds. The predicted octanol–water partition coefficient (Wildman–Crippen LogP) is 3.54. The van der Waals surface area contributed by atoms with Crippen LogP contribution in [0.4, 0.5) is 8.78 Å². The summed E-state index contributed by atoms with van der Waals surface area (Å²) in [7, 11) is -2.46. The maximum absolute atomic E-state index is 13.0. The Morgan fingerprint density at radius 3 is 2.23 bits per heavy atom. The molecule has 2 aromatic rings. The third-order valence-electron chi connectivity index (χ3n) is 4.13.